The molecule has 0 radical (unpaired) electrons. The van der Waals surface area contributed by atoms with E-state index in [1.165, 1.54) is 51.4 Å². The zero-order valence-corrected chi connectivity index (χ0v) is 27.3. The highest BCUT2D eigenvalue weighted by Gasteiger charge is 2.08. The standard InChI is InChI=1S/C39H56O5/c1-3-5-7-9-11-12-14-18-22-38(40)43-32-20-16-17-21-33-44-39(41)36-25-23-34(24-26-36)35-27-29-37(30-28-35)42-31-19-15-13-10-8-6-4-2/h1,23-30H,4-22,31-33H2,2H3. The molecule has 0 aliphatic rings. The van der Waals surface area contributed by atoms with Gasteiger partial charge in [0, 0.05) is 12.8 Å². The third kappa shape index (κ3) is 17.8. The van der Waals surface area contributed by atoms with Gasteiger partial charge in [-0.2, -0.15) is 0 Å². The zero-order valence-electron chi connectivity index (χ0n) is 27.3. The van der Waals surface area contributed by atoms with Gasteiger partial charge in [-0.05, 0) is 80.3 Å². The lowest BCUT2D eigenvalue weighted by molar-refractivity contribution is -0.143. The van der Waals surface area contributed by atoms with E-state index in [2.05, 4.69) is 25.0 Å². The number of terminal acetylenes is 1. The SMILES string of the molecule is C#CCCCCCCCCC(=O)OCCCCCCOC(=O)c1ccc(-c2ccc(OCCCCCCCCC)cc2)cc1. The van der Waals surface area contributed by atoms with E-state index < -0.39 is 0 Å². The largest absolute Gasteiger partial charge is 0.494 e. The minimum Gasteiger partial charge on any atom is -0.494 e. The average molecular weight is 605 g/mol. The molecule has 0 fully saturated rings. The summed E-state index contributed by atoms with van der Waals surface area (Å²) in [5, 5.41) is 0. The van der Waals surface area contributed by atoms with Crippen molar-refractivity contribution in [2.75, 3.05) is 19.8 Å². The second kappa shape index (κ2) is 25.1. The first kappa shape index (κ1) is 36.9. The van der Waals surface area contributed by atoms with Crippen LogP contribution in [0.1, 0.15) is 139 Å². The minimum atomic E-state index is -0.299. The molecule has 0 spiro atoms. The molecule has 5 heteroatoms. The van der Waals surface area contributed by atoms with Gasteiger partial charge in [0.05, 0.1) is 25.4 Å². The highest BCUT2D eigenvalue weighted by Crippen LogP contribution is 2.23. The van der Waals surface area contributed by atoms with Crippen molar-refractivity contribution in [2.45, 2.75) is 129 Å². The molecule has 44 heavy (non-hydrogen) atoms. The van der Waals surface area contributed by atoms with Gasteiger partial charge in [0.2, 0.25) is 0 Å². The molecule has 2 aromatic rings. The Morgan fingerprint density at radius 3 is 1.70 bits per heavy atom. The summed E-state index contributed by atoms with van der Waals surface area (Å²) >= 11 is 0. The Labute approximate surface area is 267 Å². The van der Waals surface area contributed by atoms with Crippen LogP contribution in [0.2, 0.25) is 0 Å². The molecule has 0 unspecified atom stereocenters. The fourth-order valence-corrected chi connectivity index (χ4v) is 5.06. The van der Waals surface area contributed by atoms with Gasteiger partial charge in [0.15, 0.2) is 0 Å². The van der Waals surface area contributed by atoms with Crippen LogP contribution in [0.3, 0.4) is 0 Å². The number of carbonyl (C=O) groups excluding carboxylic acids is 2. The van der Waals surface area contributed by atoms with Crippen LogP contribution >= 0.6 is 0 Å². The number of esters is 2. The number of rotatable bonds is 26. The second-order valence-corrected chi connectivity index (χ2v) is 11.7. The number of hydrogen-bond donors (Lipinski definition) is 0. The molecule has 0 saturated carbocycles. The number of benzene rings is 2. The fourth-order valence-electron chi connectivity index (χ4n) is 5.06. The molecule has 0 aromatic heterocycles. The Morgan fingerprint density at radius 1 is 0.591 bits per heavy atom. The lowest BCUT2D eigenvalue weighted by Crippen LogP contribution is -2.07. The number of carbonyl (C=O) groups is 2. The highest BCUT2D eigenvalue weighted by molar-refractivity contribution is 5.90. The maximum Gasteiger partial charge on any atom is 0.338 e. The lowest BCUT2D eigenvalue weighted by Gasteiger charge is -2.09. The summed E-state index contributed by atoms with van der Waals surface area (Å²) in [5.74, 6) is 3.16. The van der Waals surface area contributed by atoms with Crippen LogP contribution < -0.4 is 4.74 Å². The van der Waals surface area contributed by atoms with Crippen molar-refractivity contribution in [2.24, 2.45) is 0 Å². The number of ether oxygens (including phenoxy) is 3. The summed E-state index contributed by atoms with van der Waals surface area (Å²) in [6, 6.07) is 15.7. The Morgan fingerprint density at radius 2 is 1.09 bits per heavy atom. The number of hydrogen-bond acceptors (Lipinski definition) is 5. The van der Waals surface area contributed by atoms with Gasteiger partial charge in [0.25, 0.3) is 0 Å². The van der Waals surface area contributed by atoms with E-state index in [0.29, 0.717) is 25.2 Å². The van der Waals surface area contributed by atoms with E-state index in [-0.39, 0.29) is 11.9 Å². The third-order valence-corrected chi connectivity index (χ3v) is 7.81. The predicted molar refractivity (Wildman–Crippen MR) is 181 cm³/mol. The molecule has 242 valence electrons. The van der Waals surface area contributed by atoms with E-state index in [1.54, 1.807) is 0 Å². The molecule has 2 rings (SSSR count). The minimum absolute atomic E-state index is 0.0996. The van der Waals surface area contributed by atoms with Crippen molar-refractivity contribution in [1.82, 2.24) is 0 Å². The molecule has 0 atom stereocenters. The monoisotopic (exact) mass is 604 g/mol. The van der Waals surface area contributed by atoms with E-state index in [1.807, 2.05) is 36.4 Å². The smallest absolute Gasteiger partial charge is 0.338 e. The van der Waals surface area contributed by atoms with E-state index >= 15 is 0 Å². The van der Waals surface area contributed by atoms with Crippen LogP contribution in [0.25, 0.3) is 11.1 Å². The molecule has 0 saturated heterocycles. The molecular weight excluding hydrogens is 548 g/mol. The van der Waals surface area contributed by atoms with E-state index in [9.17, 15) is 9.59 Å². The molecular formula is C39H56O5. The first-order chi connectivity index (χ1) is 21.6. The maximum absolute atomic E-state index is 12.4. The van der Waals surface area contributed by atoms with Gasteiger partial charge < -0.3 is 14.2 Å². The Kier molecular flexibility index (Phi) is 21.1. The average Bonchev–Trinajstić information content (AvgIpc) is 3.05. The first-order valence-corrected chi connectivity index (χ1v) is 17.2. The van der Waals surface area contributed by atoms with Crippen LogP contribution in [-0.2, 0) is 14.3 Å². The van der Waals surface area contributed by atoms with Gasteiger partial charge in [-0.25, -0.2) is 4.79 Å². The van der Waals surface area contributed by atoms with Crippen molar-refractivity contribution in [1.29, 1.82) is 0 Å². The molecule has 0 heterocycles. The summed E-state index contributed by atoms with van der Waals surface area (Å²) < 4.78 is 16.7. The Bertz CT molecular complexity index is 1050. The van der Waals surface area contributed by atoms with Crippen molar-refractivity contribution < 1.29 is 23.8 Å². The Balaban J connectivity index is 1.50. The summed E-state index contributed by atoms with van der Waals surface area (Å²) in [4.78, 5) is 24.3. The van der Waals surface area contributed by atoms with Gasteiger partial charge in [-0.3, -0.25) is 4.79 Å². The van der Waals surface area contributed by atoms with E-state index in [4.69, 9.17) is 20.6 Å². The quantitative estimate of drug-likeness (QED) is 0.0607. The summed E-state index contributed by atoms with van der Waals surface area (Å²) in [7, 11) is 0. The summed E-state index contributed by atoms with van der Waals surface area (Å²) in [5.41, 5.74) is 2.69. The predicted octanol–water partition coefficient (Wildman–Crippen LogP) is 10.5. The van der Waals surface area contributed by atoms with Crippen LogP contribution in [0.5, 0.6) is 5.75 Å². The zero-order chi connectivity index (χ0) is 31.5. The van der Waals surface area contributed by atoms with Crippen LogP contribution in [-0.4, -0.2) is 31.8 Å². The molecule has 5 nitrogen and oxygen atoms in total. The summed E-state index contributed by atoms with van der Waals surface area (Å²) in [6.07, 6.45) is 25.6. The van der Waals surface area contributed by atoms with Crippen LogP contribution in [0.4, 0.5) is 0 Å². The van der Waals surface area contributed by atoms with Crippen molar-refractivity contribution in [3.8, 4) is 29.2 Å². The first-order valence-electron chi connectivity index (χ1n) is 17.2. The second-order valence-electron chi connectivity index (χ2n) is 11.7. The molecule has 2 aromatic carbocycles. The third-order valence-electron chi connectivity index (χ3n) is 7.81. The number of unbranched alkanes of at least 4 members (excludes halogenated alkanes) is 15. The fraction of sp³-hybridized carbons (Fsp3) is 0.590. The molecule has 0 aliphatic heterocycles. The van der Waals surface area contributed by atoms with Crippen molar-refractivity contribution in [3.05, 3.63) is 54.1 Å². The normalized spacial score (nSPS) is 10.7. The topological polar surface area (TPSA) is 61.8 Å². The van der Waals surface area contributed by atoms with Crippen molar-refractivity contribution in [3.63, 3.8) is 0 Å². The lowest BCUT2D eigenvalue weighted by atomic mass is 10.0. The summed E-state index contributed by atoms with van der Waals surface area (Å²) in [6.45, 7) is 3.86. The van der Waals surface area contributed by atoms with Gasteiger partial charge >= 0.3 is 11.9 Å². The van der Waals surface area contributed by atoms with Gasteiger partial charge in [-0.1, -0.05) is 95.4 Å². The molecule has 0 bridgehead atoms. The molecule has 0 aliphatic carbocycles. The maximum atomic E-state index is 12.4. The van der Waals surface area contributed by atoms with Gasteiger partial charge in [0.1, 0.15) is 5.75 Å². The van der Waals surface area contributed by atoms with Crippen LogP contribution in [0.15, 0.2) is 48.5 Å². The molecule has 0 N–H and O–H groups in total. The highest BCUT2D eigenvalue weighted by atomic mass is 16.5. The van der Waals surface area contributed by atoms with Gasteiger partial charge in [-0.15, -0.1) is 12.3 Å². The molecule has 0 amide bonds. The van der Waals surface area contributed by atoms with Crippen LogP contribution in [0, 0.1) is 12.3 Å². The Hall–Kier alpha value is -3.26. The van der Waals surface area contributed by atoms with E-state index in [0.717, 1.165) is 87.7 Å². The van der Waals surface area contributed by atoms with Crippen molar-refractivity contribution >= 4 is 11.9 Å².